The lowest BCUT2D eigenvalue weighted by atomic mass is 10.2. The number of hydrogen-bond donors (Lipinski definition) is 1. The molecule has 1 N–H and O–H groups in total. The molecule has 0 spiro atoms. The molecule has 1 amide bonds. The first-order valence-corrected chi connectivity index (χ1v) is 13.9. The van der Waals surface area contributed by atoms with Crippen LogP contribution in [0.2, 0.25) is 0 Å². The Labute approximate surface area is 283 Å². The first kappa shape index (κ1) is 43.1. The third-order valence-corrected chi connectivity index (χ3v) is 6.50. The lowest BCUT2D eigenvalue weighted by Crippen LogP contribution is -2.27. The van der Waals surface area contributed by atoms with E-state index in [1.165, 1.54) is 7.11 Å². The summed E-state index contributed by atoms with van der Waals surface area (Å²) >= 11 is 6.77. The highest BCUT2D eigenvalue weighted by Crippen LogP contribution is 2.22. The van der Waals surface area contributed by atoms with Crippen molar-refractivity contribution in [2.75, 3.05) is 34.9 Å². The Bertz CT molecular complexity index is 1410. The van der Waals surface area contributed by atoms with E-state index in [1.807, 2.05) is 60.9 Å². The lowest BCUT2D eigenvalue weighted by molar-refractivity contribution is -0.0766. The predicted molar refractivity (Wildman–Crippen MR) is 185 cm³/mol. The number of aromatic nitrogens is 4. The van der Waals surface area contributed by atoms with Gasteiger partial charge < -0.3 is 18.7 Å². The second-order valence-electron chi connectivity index (χ2n) is 8.25. The number of imidazole rings is 2. The van der Waals surface area contributed by atoms with Gasteiger partial charge in [0.2, 0.25) is 11.6 Å². The van der Waals surface area contributed by atoms with Crippen molar-refractivity contribution >= 4 is 56.1 Å². The van der Waals surface area contributed by atoms with Gasteiger partial charge in [-0.2, -0.15) is 0 Å². The fraction of sp³-hybridized carbons (Fsp3) is 0.333. The van der Waals surface area contributed by atoms with Gasteiger partial charge in [-0.3, -0.25) is 9.63 Å². The van der Waals surface area contributed by atoms with E-state index in [-0.39, 0.29) is 33.2 Å². The summed E-state index contributed by atoms with van der Waals surface area (Å²) in [5.74, 6) is -0.0336. The van der Waals surface area contributed by atoms with Crippen LogP contribution in [0.25, 0.3) is 22.5 Å². The Balaban J connectivity index is 0. The van der Waals surface area contributed by atoms with Crippen LogP contribution in [0.15, 0.2) is 69.9 Å². The summed E-state index contributed by atoms with van der Waals surface area (Å²) in [4.78, 5) is 41.5. The monoisotopic (exact) mass is 760 g/mol. The first-order valence-electron chi connectivity index (χ1n) is 12.3. The van der Waals surface area contributed by atoms with Crippen molar-refractivity contribution in [3.63, 3.8) is 0 Å². The van der Waals surface area contributed by atoms with Crippen LogP contribution in [-0.4, -0.2) is 71.0 Å². The summed E-state index contributed by atoms with van der Waals surface area (Å²) in [5, 5.41) is 1.15. The molecule has 4 rings (SSSR count). The molecule has 44 heavy (non-hydrogen) atoms. The molecule has 0 aliphatic carbocycles. The van der Waals surface area contributed by atoms with Gasteiger partial charge in [-0.25, -0.2) is 25.3 Å². The molecule has 14 heteroatoms. The number of aryl methyl sites for hydroxylation is 2. The summed E-state index contributed by atoms with van der Waals surface area (Å²) in [6, 6.07) is 15.5. The van der Waals surface area contributed by atoms with E-state index in [1.54, 1.807) is 51.4 Å². The predicted octanol–water partition coefficient (Wildman–Crippen LogP) is 6.97. The van der Waals surface area contributed by atoms with Gasteiger partial charge in [-0.15, -0.1) is 12.4 Å². The minimum Gasteiger partial charge on any atom is -0.460 e. The smallest absolute Gasteiger partial charge is 0.374 e. The summed E-state index contributed by atoms with van der Waals surface area (Å²) in [6.45, 7) is 2.12. The molecular weight excluding hydrogens is 720 g/mol. The molecular formula is C30H43Br2ClN6O5. The fourth-order valence-corrected chi connectivity index (χ4v) is 3.79. The number of nitrogens with one attached hydrogen (secondary N) is 1. The van der Waals surface area contributed by atoms with Gasteiger partial charge in [-0.1, -0.05) is 71.0 Å². The summed E-state index contributed by atoms with van der Waals surface area (Å²) in [5.41, 5.74) is 5.86. The Morgan fingerprint density at radius 3 is 1.59 bits per heavy atom. The van der Waals surface area contributed by atoms with Gasteiger partial charge in [0.1, 0.15) is 0 Å². The van der Waals surface area contributed by atoms with Gasteiger partial charge in [0.25, 0.3) is 0 Å². The van der Waals surface area contributed by atoms with Crippen molar-refractivity contribution in [1.29, 1.82) is 0 Å². The maximum atomic E-state index is 12.0. The minimum absolute atomic E-state index is 0. The number of carbonyl (C=O) groups excluding carboxylic acids is 2. The maximum Gasteiger partial charge on any atom is 0.374 e. The Morgan fingerprint density at radius 1 is 0.841 bits per heavy atom. The van der Waals surface area contributed by atoms with Gasteiger partial charge in [0, 0.05) is 60.7 Å². The topological polar surface area (TPSA) is 113 Å². The number of carbonyl (C=O) groups is 2. The number of amides is 1. The standard InChI is InChI=1S/C13H14BrN3O2.C13H13BrN2O2.C2H7NO.2CH4.ClH/c1-16-8-11(9-4-6-10(14)7-5-9)15-12(16)13(18)17(2)19-3;1-3-18-13(17)12-15-11(8-16(12)2)9-4-6-10(14)7-5-9;1-3-4-2;;;/h4-8H,1-3H3;4-8H,3H2,1-2H3;3H,1-2H3;2*1H4;1H. The molecule has 0 atom stereocenters. The second kappa shape index (κ2) is 21.6. The van der Waals surface area contributed by atoms with Crippen molar-refractivity contribution in [2.45, 2.75) is 21.8 Å². The average Bonchev–Trinajstić information content (AvgIpc) is 3.56. The molecule has 0 saturated heterocycles. The Hall–Kier alpha value is -3.07. The van der Waals surface area contributed by atoms with E-state index in [0.717, 1.165) is 36.5 Å². The van der Waals surface area contributed by atoms with Crippen LogP contribution in [0.5, 0.6) is 0 Å². The number of hydrogen-bond acceptors (Lipinski definition) is 8. The van der Waals surface area contributed by atoms with Crippen LogP contribution in [0.1, 0.15) is 43.0 Å². The summed E-state index contributed by atoms with van der Waals surface area (Å²) in [6.07, 6.45) is 3.63. The molecule has 4 aromatic rings. The number of ether oxygens (including phenoxy) is 1. The molecule has 0 unspecified atom stereocenters. The first-order chi connectivity index (χ1) is 19.6. The Morgan fingerprint density at radius 2 is 1.23 bits per heavy atom. The zero-order valence-corrected chi connectivity index (χ0v) is 28.4. The highest BCUT2D eigenvalue weighted by molar-refractivity contribution is 9.10. The SMILES string of the molecule is C.C.CCOC(=O)c1nc(-c2ccc(Br)cc2)cn1C.CNOC.CON(C)C(=O)c1nc(-c2ccc(Br)cc2)cn1C.Cl. The number of halogens is 3. The molecule has 0 aliphatic heterocycles. The van der Waals surface area contributed by atoms with E-state index < -0.39 is 5.97 Å². The van der Waals surface area contributed by atoms with Crippen LogP contribution in [0, 0.1) is 0 Å². The number of esters is 1. The van der Waals surface area contributed by atoms with E-state index in [2.05, 4.69) is 52.1 Å². The third kappa shape index (κ3) is 12.5. The van der Waals surface area contributed by atoms with Crippen LogP contribution >= 0.6 is 44.3 Å². The molecule has 2 heterocycles. The normalized spacial score (nSPS) is 9.48. The van der Waals surface area contributed by atoms with E-state index in [9.17, 15) is 9.59 Å². The zero-order chi connectivity index (χ0) is 30.5. The van der Waals surface area contributed by atoms with Crippen molar-refractivity contribution in [3.8, 4) is 22.5 Å². The van der Waals surface area contributed by atoms with E-state index >= 15 is 0 Å². The summed E-state index contributed by atoms with van der Waals surface area (Å²) < 4.78 is 10.3. The molecule has 0 bridgehead atoms. The highest BCUT2D eigenvalue weighted by atomic mass is 79.9. The van der Waals surface area contributed by atoms with E-state index in [0.29, 0.717) is 18.3 Å². The van der Waals surface area contributed by atoms with Crippen LogP contribution in [0.3, 0.4) is 0 Å². The second-order valence-corrected chi connectivity index (χ2v) is 10.1. The Kier molecular flexibility index (Phi) is 21.1. The van der Waals surface area contributed by atoms with Gasteiger partial charge in [0.05, 0.1) is 32.2 Å². The van der Waals surface area contributed by atoms with Crippen molar-refractivity contribution in [2.24, 2.45) is 14.1 Å². The van der Waals surface area contributed by atoms with Crippen molar-refractivity contribution in [3.05, 3.63) is 81.5 Å². The number of nitrogens with zero attached hydrogens (tertiary/aromatic N) is 5. The molecule has 11 nitrogen and oxygen atoms in total. The van der Waals surface area contributed by atoms with Gasteiger partial charge in [0.15, 0.2) is 0 Å². The summed E-state index contributed by atoms with van der Waals surface area (Å²) in [7, 11) is 9.83. The van der Waals surface area contributed by atoms with E-state index in [4.69, 9.17) is 9.57 Å². The molecule has 0 radical (unpaired) electrons. The van der Waals surface area contributed by atoms with Gasteiger partial charge >= 0.3 is 11.9 Å². The number of rotatable bonds is 7. The molecule has 0 fully saturated rings. The number of hydroxylamine groups is 3. The number of benzene rings is 2. The van der Waals surface area contributed by atoms with Crippen molar-refractivity contribution in [1.82, 2.24) is 29.6 Å². The van der Waals surface area contributed by atoms with Crippen LogP contribution < -0.4 is 5.48 Å². The van der Waals surface area contributed by atoms with Crippen LogP contribution in [-0.2, 0) is 28.5 Å². The largest absolute Gasteiger partial charge is 0.460 e. The lowest BCUT2D eigenvalue weighted by Gasteiger charge is -2.12. The molecule has 2 aromatic carbocycles. The molecule has 0 aliphatic rings. The molecule has 0 saturated carbocycles. The fourth-order valence-electron chi connectivity index (χ4n) is 3.26. The van der Waals surface area contributed by atoms with Crippen molar-refractivity contribution < 1.29 is 24.0 Å². The highest BCUT2D eigenvalue weighted by Gasteiger charge is 2.19. The van der Waals surface area contributed by atoms with Gasteiger partial charge in [-0.05, 0) is 31.2 Å². The molecule has 244 valence electrons. The molecule has 2 aromatic heterocycles. The average molecular weight is 763 g/mol. The maximum absolute atomic E-state index is 12.0. The quantitative estimate of drug-likeness (QED) is 0.159. The van der Waals surface area contributed by atoms with Crippen LogP contribution in [0.4, 0.5) is 0 Å². The minimum atomic E-state index is -0.400. The zero-order valence-electron chi connectivity index (χ0n) is 24.4. The third-order valence-electron chi connectivity index (χ3n) is 5.45.